The van der Waals surface area contributed by atoms with E-state index in [1.807, 2.05) is 35.3 Å². The van der Waals surface area contributed by atoms with Crippen LogP contribution in [-0.2, 0) is 6.42 Å². The van der Waals surface area contributed by atoms with Crippen LogP contribution >= 0.6 is 35.3 Å². The summed E-state index contributed by atoms with van der Waals surface area (Å²) in [5, 5.41) is 0. The molecule has 3 heteroatoms. The molecule has 1 heterocycles. The van der Waals surface area contributed by atoms with E-state index in [1.165, 1.54) is 47.8 Å². The van der Waals surface area contributed by atoms with Crippen LogP contribution in [0.1, 0.15) is 43.4 Å². The van der Waals surface area contributed by atoms with Gasteiger partial charge in [-0.25, -0.2) is 0 Å². The number of benzene rings is 2. The topological polar surface area (TPSA) is 0 Å². The van der Waals surface area contributed by atoms with Crippen LogP contribution in [0.5, 0.6) is 0 Å². The second-order valence-electron chi connectivity index (χ2n) is 7.05. The van der Waals surface area contributed by atoms with E-state index in [0.717, 1.165) is 12.3 Å². The van der Waals surface area contributed by atoms with Gasteiger partial charge in [-0.3, -0.25) is 0 Å². The largest absolute Gasteiger partial charge is 0.0815 e. The van der Waals surface area contributed by atoms with Gasteiger partial charge in [0.1, 0.15) is 0 Å². The van der Waals surface area contributed by atoms with Crippen molar-refractivity contribution in [2.45, 2.75) is 44.9 Å². The average Bonchev–Trinajstić information content (AvgIpc) is 2.97. The number of hydrogen-bond acceptors (Lipinski definition) is 3. The molecule has 2 aromatic rings. The predicted molar refractivity (Wildman–Crippen MR) is 122 cm³/mol. The molecule has 0 amide bonds. The third-order valence-electron chi connectivity index (χ3n) is 4.30. The zero-order valence-electron chi connectivity index (χ0n) is 15.7. The minimum absolute atomic E-state index is 0.767. The van der Waals surface area contributed by atoms with Crippen LogP contribution in [0.4, 0.5) is 0 Å². The third kappa shape index (κ3) is 5.25. The van der Waals surface area contributed by atoms with Gasteiger partial charge in [0, 0.05) is 14.0 Å². The minimum Gasteiger partial charge on any atom is -0.0815 e. The number of rotatable bonds is 7. The molecule has 0 unspecified atom stereocenters. The molecule has 2 aromatic carbocycles. The number of aryl methyl sites for hydroxylation is 2. The summed E-state index contributed by atoms with van der Waals surface area (Å²) in [6.07, 6.45) is 3.69. The summed E-state index contributed by atoms with van der Waals surface area (Å²) in [7, 11) is 0. The van der Waals surface area contributed by atoms with Gasteiger partial charge in [0.2, 0.25) is 0 Å². The van der Waals surface area contributed by atoms with E-state index in [2.05, 4.69) is 75.9 Å². The van der Waals surface area contributed by atoms with Crippen molar-refractivity contribution in [1.82, 2.24) is 0 Å². The Hall–Kier alpha value is -1.03. The Labute approximate surface area is 170 Å². The second kappa shape index (κ2) is 9.25. The third-order valence-corrected chi connectivity index (χ3v) is 7.93. The highest BCUT2D eigenvalue weighted by Gasteiger charge is 2.24. The highest BCUT2D eigenvalue weighted by Crippen LogP contribution is 2.58. The normalized spacial score (nSPS) is 14.5. The smallest absolute Gasteiger partial charge is 0.0649 e. The highest BCUT2D eigenvalue weighted by molar-refractivity contribution is 8.38. The van der Waals surface area contributed by atoms with Crippen molar-refractivity contribution in [1.29, 1.82) is 0 Å². The fraction of sp³-hybridized carbons (Fsp3) is 0.304. The molecular formula is C23H26S3. The molecule has 136 valence electrons. The second-order valence-corrected chi connectivity index (χ2v) is 10.9. The zero-order valence-corrected chi connectivity index (χ0v) is 18.2. The van der Waals surface area contributed by atoms with Crippen molar-refractivity contribution in [2.24, 2.45) is 5.92 Å². The van der Waals surface area contributed by atoms with Gasteiger partial charge in [-0.1, -0.05) is 104 Å². The summed E-state index contributed by atoms with van der Waals surface area (Å²) in [5.41, 5.74) is 4.20. The molecule has 0 aliphatic carbocycles. The molecule has 0 N–H and O–H groups in total. The molecule has 0 radical (unpaired) electrons. The lowest BCUT2D eigenvalue weighted by Crippen LogP contribution is -1.96. The van der Waals surface area contributed by atoms with Crippen LogP contribution in [-0.4, -0.2) is 0 Å². The van der Waals surface area contributed by atoms with E-state index in [9.17, 15) is 0 Å². The summed E-state index contributed by atoms with van der Waals surface area (Å²) >= 11 is 5.52. The van der Waals surface area contributed by atoms with E-state index in [-0.39, 0.29) is 0 Å². The Kier molecular flexibility index (Phi) is 7.02. The first-order valence-electron chi connectivity index (χ1n) is 9.14. The van der Waals surface area contributed by atoms with Crippen LogP contribution in [0.25, 0.3) is 4.91 Å². The van der Waals surface area contributed by atoms with E-state index in [4.69, 9.17) is 0 Å². The van der Waals surface area contributed by atoms with Crippen LogP contribution in [0.3, 0.4) is 0 Å². The van der Waals surface area contributed by atoms with Crippen molar-refractivity contribution in [3.63, 3.8) is 0 Å². The lowest BCUT2D eigenvalue weighted by molar-refractivity contribution is 0.555. The summed E-state index contributed by atoms with van der Waals surface area (Å²) < 4.78 is 2.54. The molecule has 0 saturated carbocycles. The highest BCUT2D eigenvalue weighted by atomic mass is 32.2. The molecule has 0 nitrogen and oxygen atoms in total. The Morgan fingerprint density at radius 1 is 1.04 bits per heavy atom. The summed E-state index contributed by atoms with van der Waals surface area (Å²) in [6, 6.07) is 17.6. The molecular weight excluding hydrogens is 372 g/mol. The first-order chi connectivity index (χ1) is 12.5. The Bertz CT molecular complexity index is 803. The SMILES string of the molecule is C=C1SC(Sc2ccccc2)=C(c2cc(C)ccc2CCCC(C)C)S1. The Morgan fingerprint density at radius 3 is 2.54 bits per heavy atom. The van der Waals surface area contributed by atoms with Gasteiger partial charge in [-0.2, -0.15) is 0 Å². The van der Waals surface area contributed by atoms with Gasteiger partial charge in [-0.15, -0.1) is 0 Å². The van der Waals surface area contributed by atoms with Crippen LogP contribution in [0.15, 0.2) is 68.5 Å². The summed E-state index contributed by atoms with van der Waals surface area (Å²) in [4.78, 5) is 2.67. The first-order valence-corrected chi connectivity index (χ1v) is 11.6. The van der Waals surface area contributed by atoms with E-state index >= 15 is 0 Å². The van der Waals surface area contributed by atoms with Gasteiger partial charge < -0.3 is 0 Å². The lowest BCUT2D eigenvalue weighted by atomic mass is 9.97. The van der Waals surface area contributed by atoms with E-state index < -0.39 is 0 Å². The predicted octanol–water partition coefficient (Wildman–Crippen LogP) is 8.34. The summed E-state index contributed by atoms with van der Waals surface area (Å²) in [5.74, 6) is 0.767. The molecule has 1 aliphatic heterocycles. The molecule has 0 aromatic heterocycles. The maximum absolute atomic E-state index is 4.23. The average molecular weight is 399 g/mol. The quantitative estimate of drug-likeness (QED) is 0.460. The van der Waals surface area contributed by atoms with Gasteiger partial charge in [0.15, 0.2) is 0 Å². The molecule has 0 fully saturated rings. The molecule has 26 heavy (non-hydrogen) atoms. The van der Waals surface area contributed by atoms with Crippen LogP contribution in [0.2, 0.25) is 0 Å². The van der Waals surface area contributed by atoms with Crippen molar-refractivity contribution < 1.29 is 0 Å². The molecule has 0 spiro atoms. The fourth-order valence-corrected chi connectivity index (χ4v) is 6.79. The van der Waals surface area contributed by atoms with Crippen molar-refractivity contribution in [2.75, 3.05) is 0 Å². The van der Waals surface area contributed by atoms with Gasteiger partial charge in [0.05, 0.1) is 4.24 Å². The van der Waals surface area contributed by atoms with E-state index in [0.29, 0.717) is 0 Å². The van der Waals surface area contributed by atoms with Crippen molar-refractivity contribution in [3.8, 4) is 0 Å². The maximum atomic E-state index is 4.23. The van der Waals surface area contributed by atoms with Crippen molar-refractivity contribution >= 4 is 40.2 Å². The zero-order chi connectivity index (χ0) is 18.5. The Balaban J connectivity index is 1.92. The molecule has 0 atom stereocenters. The fourth-order valence-electron chi connectivity index (χ4n) is 2.97. The molecule has 1 aliphatic rings. The number of thioether (sulfide) groups is 3. The maximum Gasteiger partial charge on any atom is 0.0649 e. The Morgan fingerprint density at radius 2 is 1.81 bits per heavy atom. The van der Waals surface area contributed by atoms with Crippen LogP contribution < -0.4 is 0 Å². The van der Waals surface area contributed by atoms with Gasteiger partial charge >= 0.3 is 0 Å². The number of hydrogen-bond donors (Lipinski definition) is 0. The van der Waals surface area contributed by atoms with Gasteiger partial charge in [0.25, 0.3) is 0 Å². The van der Waals surface area contributed by atoms with Crippen LogP contribution in [0, 0.1) is 12.8 Å². The van der Waals surface area contributed by atoms with Crippen molar-refractivity contribution in [3.05, 3.63) is 80.3 Å². The van der Waals surface area contributed by atoms with E-state index in [1.54, 1.807) is 0 Å². The minimum atomic E-state index is 0.767. The van der Waals surface area contributed by atoms with Gasteiger partial charge in [-0.05, 0) is 48.9 Å². The first kappa shape index (κ1) is 19.7. The summed E-state index contributed by atoms with van der Waals surface area (Å²) in [6.45, 7) is 11.0. The monoisotopic (exact) mass is 398 g/mol. The molecule has 3 rings (SSSR count). The molecule has 0 saturated heterocycles. The standard InChI is InChI=1S/C23H26S3/c1-16(2)9-8-10-19-14-13-17(3)15-21(19)22-23(25-18(4)24-22)26-20-11-6-5-7-12-20/h5-7,11-16H,4,8-10H2,1-3H3. The molecule has 0 bridgehead atoms. The lowest BCUT2D eigenvalue weighted by Gasteiger charge is -2.13.